The maximum Gasteiger partial charge on any atom is 0.178 e. The highest BCUT2D eigenvalue weighted by molar-refractivity contribution is 6.30. The van der Waals surface area contributed by atoms with Crippen LogP contribution in [0.5, 0.6) is 0 Å². The molecule has 1 aliphatic rings. The van der Waals surface area contributed by atoms with Crippen molar-refractivity contribution in [2.45, 2.75) is 33.2 Å². The van der Waals surface area contributed by atoms with Crippen LogP contribution in [0.1, 0.15) is 43.2 Å². The summed E-state index contributed by atoms with van der Waals surface area (Å²) in [6.07, 6.45) is 5.77. The molecule has 3 heterocycles. The lowest BCUT2D eigenvalue weighted by atomic mass is 9.91. The van der Waals surface area contributed by atoms with Crippen LogP contribution in [0, 0.1) is 0 Å². The number of carbonyl (C=O) groups is 2. The Kier molecular flexibility index (Phi) is 4.68. The van der Waals surface area contributed by atoms with Gasteiger partial charge in [0.05, 0.1) is 5.52 Å². The minimum Gasteiger partial charge on any atom is -0.378 e. The summed E-state index contributed by atoms with van der Waals surface area (Å²) in [5, 5.41) is 4.24. The number of halogens is 1. The highest BCUT2D eigenvalue weighted by Gasteiger charge is 2.22. The smallest absolute Gasteiger partial charge is 0.178 e. The monoisotopic (exact) mass is 355 g/mol. The summed E-state index contributed by atoms with van der Waals surface area (Å²) in [5.41, 5.74) is 3.48. The van der Waals surface area contributed by atoms with E-state index in [-0.39, 0.29) is 17.6 Å². The molecule has 0 radical (unpaired) electrons. The van der Waals surface area contributed by atoms with Crippen LogP contribution in [-0.4, -0.2) is 27.6 Å². The van der Waals surface area contributed by atoms with Gasteiger partial charge in [0.15, 0.2) is 11.6 Å². The Morgan fingerprint density at radius 2 is 2.08 bits per heavy atom. The molecular formula is C19H18ClN3O2. The molecule has 0 saturated heterocycles. The van der Waals surface area contributed by atoms with Crippen molar-refractivity contribution < 1.29 is 9.59 Å². The molecule has 5 nitrogen and oxygen atoms in total. The third-order valence-corrected chi connectivity index (χ3v) is 4.44. The van der Waals surface area contributed by atoms with Crippen LogP contribution >= 0.6 is 11.6 Å². The van der Waals surface area contributed by atoms with E-state index in [1.807, 2.05) is 26.0 Å². The van der Waals surface area contributed by atoms with Gasteiger partial charge in [-0.15, -0.1) is 0 Å². The molecule has 128 valence electrons. The summed E-state index contributed by atoms with van der Waals surface area (Å²) in [6, 6.07) is 3.19. The minimum absolute atomic E-state index is 0.122. The van der Waals surface area contributed by atoms with Gasteiger partial charge in [0.1, 0.15) is 16.9 Å². The molecule has 0 amide bonds. The summed E-state index contributed by atoms with van der Waals surface area (Å²) in [5.74, 6) is -0.0118. The fraction of sp³-hybridized carbons (Fsp3) is 0.263. The van der Waals surface area contributed by atoms with Gasteiger partial charge in [0, 0.05) is 48.3 Å². The molecule has 2 aromatic rings. The maximum absolute atomic E-state index is 12.1. The van der Waals surface area contributed by atoms with E-state index >= 15 is 0 Å². The van der Waals surface area contributed by atoms with Crippen molar-refractivity contribution in [2.24, 2.45) is 0 Å². The third kappa shape index (κ3) is 3.33. The van der Waals surface area contributed by atoms with Crippen LogP contribution < -0.4 is 5.32 Å². The number of Topliss-reactive ketones (excluding diaryl/α,β-unsaturated/α-hetero) is 2. The molecule has 0 spiro atoms. The molecule has 0 fully saturated rings. The molecule has 0 aromatic carbocycles. The number of nitrogens with zero attached hydrogens (tertiary/aromatic N) is 2. The molecule has 1 N–H and O–H groups in total. The van der Waals surface area contributed by atoms with Crippen molar-refractivity contribution in [1.29, 1.82) is 0 Å². The van der Waals surface area contributed by atoms with Crippen molar-refractivity contribution >= 4 is 39.6 Å². The Labute approximate surface area is 150 Å². The normalized spacial score (nSPS) is 16.9. The summed E-state index contributed by atoms with van der Waals surface area (Å²) in [7, 11) is 0. The van der Waals surface area contributed by atoms with Crippen LogP contribution in [0.15, 0.2) is 36.2 Å². The van der Waals surface area contributed by atoms with Crippen molar-refractivity contribution in [3.8, 4) is 0 Å². The second kappa shape index (κ2) is 6.76. The van der Waals surface area contributed by atoms with Crippen molar-refractivity contribution in [2.75, 3.05) is 0 Å². The molecule has 0 aliphatic carbocycles. The van der Waals surface area contributed by atoms with E-state index in [0.29, 0.717) is 28.3 Å². The quantitative estimate of drug-likeness (QED) is 0.668. The van der Waals surface area contributed by atoms with E-state index in [9.17, 15) is 9.59 Å². The van der Waals surface area contributed by atoms with Gasteiger partial charge in [-0.1, -0.05) is 24.6 Å². The Bertz CT molecular complexity index is 947. The summed E-state index contributed by atoms with van der Waals surface area (Å²) in [6.45, 7) is 5.25. The van der Waals surface area contributed by atoms with Crippen LogP contribution in [-0.2, 0) is 4.79 Å². The topological polar surface area (TPSA) is 72.0 Å². The third-order valence-electron chi connectivity index (χ3n) is 4.23. The second-order valence-electron chi connectivity index (χ2n) is 6.01. The molecule has 2 aromatic heterocycles. The van der Waals surface area contributed by atoms with Crippen molar-refractivity contribution in [3.63, 3.8) is 0 Å². The summed E-state index contributed by atoms with van der Waals surface area (Å²) >= 11 is 5.92. The number of pyridine rings is 2. The standard InChI is InChI=1S/C19H18ClN3O2/c1-4-17(25)16-5-10(2)14(9-21-16)13-6-12-8-22-18(20)7-15(12)23-19(13)11(3)24/h5-9,16,21H,4H2,1-3H3. The Hall–Kier alpha value is -2.53. The van der Waals surface area contributed by atoms with Gasteiger partial charge in [-0.3, -0.25) is 9.59 Å². The van der Waals surface area contributed by atoms with Gasteiger partial charge in [-0.25, -0.2) is 9.97 Å². The SMILES string of the molecule is CCC(=O)C1C=C(C)C(c2cc3cnc(Cl)cc3nc2C(C)=O)=CN1. The molecule has 1 atom stereocenters. The average molecular weight is 356 g/mol. The number of dihydropyridines is 1. The number of ketones is 2. The van der Waals surface area contributed by atoms with Gasteiger partial charge in [-0.2, -0.15) is 0 Å². The predicted molar refractivity (Wildman–Crippen MR) is 98.5 cm³/mol. The van der Waals surface area contributed by atoms with E-state index in [1.54, 1.807) is 18.5 Å². The number of hydrogen-bond donors (Lipinski definition) is 1. The fourth-order valence-electron chi connectivity index (χ4n) is 2.89. The number of carbonyl (C=O) groups excluding carboxylic acids is 2. The molecule has 3 rings (SSSR count). The number of allylic oxidation sites excluding steroid dienone is 2. The fourth-order valence-corrected chi connectivity index (χ4v) is 3.04. The first-order valence-electron chi connectivity index (χ1n) is 8.06. The Balaban J connectivity index is 2.12. The number of hydrogen-bond acceptors (Lipinski definition) is 5. The van der Waals surface area contributed by atoms with Crippen LogP contribution in [0.2, 0.25) is 5.15 Å². The zero-order valence-corrected chi connectivity index (χ0v) is 15.0. The molecule has 1 aliphatic heterocycles. The average Bonchev–Trinajstić information content (AvgIpc) is 2.59. The zero-order chi connectivity index (χ0) is 18.1. The lowest BCUT2D eigenvalue weighted by molar-refractivity contribution is -0.119. The first-order valence-corrected chi connectivity index (χ1v) is 8.43. The molecule has 25 heavy (non-hydrogen) atoms. The largest absolute Gasteiger partial charge is 0.378 e. The number of fused-ring (bicyclic) bond motifs is 1. The Morgan fingerprint density at radius 1 is 1.32 bits per heavy atom. The van der Waals surface area contributed by atoms with Gasteiger partial charge in [-0.05, 0) is 18.6 Å². The van der Waals surface area contributed by atoms with E-state index < -0.39 is 0 Å². The maximum atomic E-state index is 12.1. The van der Waals surface area contributed by atoms with E-state index in [2.05, 4.69) is 15.3 Å². The first-order chi connectivity index (χ1) is 11.9. The molecule has 0 saturated carbocycles. The molecule has 1 unspecified atom stereocenters. The van der Waals surface area contributed by atoms with E-state index in [4.69, 9.17) is 11.6 Å². The molecular weight excluding hydrogens is 338 g/mol. The highest BCUT2D eigenvalue weighted by Crippen LogP contribution is 2.30. The van der Waals surface area contributed by atoms with Crippen LogP contribution in [0.4, 0.5) is 0 Å². The van der Waals surface area contributed by atoms with Gasteiger partial charge >= 0.3 is 0 Å². The zero-order valence-electron chi connectivity index (χ0n) is 14.3. The van der Waals surface area contributed by atoms with Gasteiger partial charge < -0.3 is 5.32 Å². The first kappa shape index (κ1) is 17.3. The summed E-state index contributed by atoms with van der Waals surface area (Å²) < 4.78 is 0. The lowest BCUT2D eigenvalue weighted by Gasteiger charge is -2.22. The van der Waals surface area contributed by atoms with Gasteiger partial charge in [0.25, 0.3) is 0 Å². The highest BCUT2D eigenvalue weighted by atomic mass is 35.5. The lowest BCUT2D eigenvalue weighted by Crippen LogP contribution is -2.33. The van der Waals surface area contributed by atoms with Crippen molar-refractivity contribution in [3.05, 3.63) is 52.6 Å². The van der Waals surface area contributed by atoms with Crippen LogP contribution in [0.25, 0.3) is 16.5 Å². The van der Waals surface area contributed by atoms with Crippen molar-refractivity contribution in [1.82, 2.24) is 15.3 Å². The predicted octanol–water partition coefficient (Wildman–Crippen LogP) is 3.72. The minimum atomic E-state index is -0.330. The van der Waals surface area contributed by atoms with Gasteiger partial charge in [0.2, 0.25) is 0 Å². The molecule has 6 heteroatoms. The molecule has 0 bridgehead atoms. The Morgan fingerprint density at radius 3 is 2.72 bits per heavy atom. The van der Waals surface area contributed by atoms with E-state index in [0.717, 1.165) is 16.5 Å². The second-order valence-corrected chi connectivity index (χ2v) is 6.40. The number of aromatic nitrogens is 2. The van der Waals surface area contributed by atoms with E-state index in [1.165, 1.54) is 6.92 Å². The number of rotatable bonds is 4. The summed E-state index contributed by atoms with van der Waals surface area (Å²) in [4.78, 5) is 32.6. The van der Waals surface area contributed by atoms with Crippen LogP contribution in [0.3, 0.4) is 0 Å². The number of nitrogens with one attached hydrogen (secondary N) is 1.